The number of amides is 2. The molecule has 0 saturated carbocycles. The Morgan fingerprint density at radius 3 is 2.03 bits per heavy atom. The molecule has 3 aromatic rings. The van der Waals surface area contributed by atoms with Crippen LogP contribution in [0, 0.1) is 0 Å². The lowest BCUT2D eigenvalue weighted by atomic mass is 10.0. The first-order chi connectivity index (χ1) is 15.6. The number of ether oxygens (including phenoxy) is 1. The predicted molar refractivity (Wildman–Crippen MR) is 126 cm³/mol. The second-order valence-corrected chi connectivity index (χ2v) is 7.53. The van der Waals surface area contributed by atoms with Crippen molar-refractivity contribution in [2.24, 2.45) is 0 Å². The van der Waals surface area contributed by atoms with Crippen LogP contribution in [-0.2, 0) is 16.0 Å². The number of para-hydroxylation sites is 1. The van der Waals surface area contributed by atoms with Crippen LogP contribution in [0.15, 0.2) is 90.6 Å². The van der Waals surface area contributed by atoms with E-state index < -0.39 is 0 Å². The molecule has 162 valence electrons. The third-order valence-electron chi connectivity index (χ3n) is 5.64. The van der Waals surface area contributed by atoms with E-state index in [2.05, 4.69) is 0 Å². The van der Waals surface area contributed by atoms with E-state index in [-0.39, 0.29) is 11.8 Å². The summed E-state index contributed by atoms with van der Waals surface area (Å²) in [5.41, 5.74) is 3.51. The molecule has 0 aromatic heterocycles. The quantitative estimate of drug-likeness (QED) is 0.496. The van der Waals surface area contributed by atoms with Crippen LogP contribution in [-0.4, -0.2) is 36.9 Å². The monoisotopic (exact) mass is 426 g/mol. The van der Waals surface area contributed by atoms with Gasteiger partial charge in [0.1, 0.15) is 11.4 Å². The van der Waals surface area contributed by atoms with Crippen molar-refractivity contribution in [1.29, 1.82) is 0 Å². The fourth-order valence-corrected chi connectivity index (χ4v) is 4.00. The number of rotatable bonds is 8. The molecule has 4 rings (SSSR count). The van der Waals surface area contributed by atoms with Crippen molar-refractivity contribution in [2.75, 3.05) is 25.1 Å². The summed E-state index contributed by atoms with van der Waals surface area (Å²) < 4.78 is 5.26. The van der Waals surface area contributed by atoms with Gasteiger partial charge in [-0.05, 0) is 48.7 Å². The summed E-state index contributed by atoms with van der Waals surface area (Å²) in [5, 5.41) is 0. The van der Waals surface area contributed by atoms with Gasteiger partial charge in [-0.3, -0.25) is 14.5 Å². The number of anilines is 1. The van der Waals surface area contributed by atoms with Gasteiger partial charge in [0, 0.05) is 18.8 Å². The van der Waals surface area contributed by atoms with Crippen molar-refractivity contribution in [1.82, 2.24) is 4.90 Å². The van der Waals surface area contributed by atoms with Crippen molar-refractivity contribution in [3.63, 3.8) is 0 Å². The van der Waals surface area contributed by atoms with Crippen molar-refractivity contribution < 1.29 is 14.3 Å². The zero-order chi connectivity index (χ0) is 22.5. The highest BCUT2D eigenvalue weighted by atomic mass is 16.5. The lowest BCUT2D eigenvalue weighted by Crippen LogP contribution is -2.36. The molecule has 5 heteroatoms. The second kappa shape index (κ2) is 9.52. The van der Waals surface area contributed by atoms with Crippen LogP contribution in [0.3, 0.4) is 0 Å². The number of carbonyl (C=O) groups excluding carboxylic acids is 2. The van der Waals surface area contributed by atoms with Crippen molar-refractivity contribution in [2.45, 2.75) is 13.3 Å². The third-order valence-corrected chi connectivity index (χ3v) is 5.64. The SMILES string of the molecule is CCN(C1=C(c2ccc(OC)cc2)C(=O)N(CCc2ccccc2)C1=O)c1ccccc1. The van der Waals surface area contributed by atoms with Gasteiger partial charge >= 0.3 is 0 Å². The molecule has 2 amide bonds. The fourth-order valence-electron chi connectivity index (χ4n) is 4.00. The fraction of sp³-hybridized carbons (Fsp3) is 0.185. The first kappa shape index (κ1) is 21.4. The normalized spacial score (nSPS) is 13.6. The van der Waals surface area contributed by atoms with Crippen LogP contribution in [0.2, 0.25) is 0 Å². The molecule has 0 aliphatic carbocycles. The van der Waals surface area contributed by atoms with E-state index in [1.54, 1.807) is 7.11 Å². The first-order valence-electron chi connectivity index (χ1n) is 10.8. The minimum atomic E-state index is -0.263. The third kappa shape index (κ3) is 4.14. The summed E-state index contributed by atoms with van der Waals surface area (Å²) in [4.78, 5) is 30.4. The summed E-state index contributed by atoms with van der Waals surface area (Å²) in [6.07, 6.45) is 0.610. The first-order valence-corrected chi connectivity index (χ1v) is 10.8. The van der Waals surface area contributed by atoms with Crippen LogP contribution >= 0.6 is 0 Å². The maximum absolute atomic E-state index is 13.6. The van der Waals surface area contributed by atoms with Gasteiger partial charge in [0.2, 0.25) is 0 Å². The molecule has 0 N–H and O–H groups in total. The smallest absolute Gasteiger partial charge is 0.278 e. The number of carbonyl (C=O) groups is 2. The van der Waals surface area contributed by atoms with Crippen LogP contribution in [0.1, 0.15) is 18.1 Å². The Morgan fingerprint density at radius 2 is 1.44 bits per heavy atom. The number of hydrogen-bond donors (Lipinski definition) is 0. The van der Waals surface area contributed by atoms with E-state index >= 15 is 0 Å². The van der Waals surface area contributed by atoms with E-state index in [1.807, 2.05) is 96.8 Å². The molecule has 5 nitrogen and oxygen atoms in total. The van der Waals surface area contributed by atoms with Crippen LogP contribution in [0.25, 0.3) is 5.57 Å². The Morgan fingerprint density at radius 1 is 0.812 bits per heavy atom. The van der Waals surface area contributed by atoms with Gasteiger partial charge in [-0.15, -0.1) is 0 Å². The molecule has 0 bridgehead atoms. The molecule has 3 aromatic carbocycles. The van der Waals surface area contributed by atoms with Crippen molar-refractivity contribution in [3.05, 3.63) is 102 Å². The Labute approximate surface area is 188 Å². The Balaban J connectivity index is 1.74. The van der Waals surface area contributed by atoms with Crippen LogP contribution in [0.4, 0.5) is 5.69 Å². The average molecular weight is 427 g/mol. The number of hydrogen-bond acceptors (Lipinski definition) is 4. The predicted octanol–water partition coefficient (Wildman–Crippen LogP) is 4.54. The Hall–Kier alpha value is -3.86. The molecule has 0 fully saturated rings. The summed E-state index contributed by atoms with van der Waals surface area (Å²) in [7, 11) is 1.60. The number of nitrogens with zero attached hydrogens (tertiary/aromatic N) is 2. The average Bonchev–Trinajstić information content (AvgIpc) is 3.09. The molecule has 1 aliphatic heterocycles. The molecular weight excluding hydrogens is 400 g/mol. The Kier molecular flexibility index (Phi) is 6.36. The molecule has 0 atom stereocenters. The highest BCUT2D eigenvalue weighted by molar-refractivity contribution is 6.36. The minimum absolute atomic E-state index is 0.262. The van der Waals surface area contributed by atoms with E-state index in [9.17, 15) is 9.59 Å². The van der Waals surface area contributed by atoms with Crippen molar-refractivity contribution in [3.8, 4) is 5.75 Å². The zero-order valence-electron chi connectivity index (χ0n) is 18.3. The van der Waals surface area contributed by atoms with Crippen molar-refractivity contribution >= 4 is 23.1 Å². The van der Waals surface area contributed by atoms with E-state index in [0.717, 1.165) is 11.3 Å². The Bertz CT molecular complexity index is 1120. The molecular formula is C27H26N2O3. The second-order valence-electron chi connectivity index (χ2n) is 7.53. The van der Waals surface area contributed by atoms with Crippen LogP contribution in [0.5, 0.6) is 5.75 Å². The molecule has 0 spiro atoms. The van der Waals surface area contributed by atoms with Gasteiger partial charge in [-0.1, -0.05) is 60.7 Å². The minimum Gasteiger partial charge on any atom is -0.497 e. The standard InChI is InChI=1S/C27H26N2O3/c1-3-28(22-12-8-5-9-13-22)25-24(21-14-16-23(32-2)17-15-21)26(30)29(27(25)31)19-18-20-10-6-4-7-11-20/h4-17H,3,18-19H2,1-2H3. The molecule has 0 saturated heterocycles. The zero-order valence-corrected chi connectivity index (χ0v) is 18.3. The summed E-state index contributed by atoms with van der Waals surface area (Å²) in [6, 6.07) is 26.9. The highest BCUT2D eigenvalue weighted by Crippen LogP contribution is 2.34. The topological polar surface area (TPSA) is 49.9 Å². The van der Waals surface area contributed by atoms with Crippen LogP contribution < -0.4 is 9.64 Å². The summed E-state index contributed by atoms with van der Waals surface area (Å²) in [5.74, 6) is 0.173. The number of methoxy groups -OCH3 is 1. The number of imide groups is 1. The number of likely N-dealkylation sites (N-methyl/N-ethyl adjacent to an activating group) is 1. The van der Waals surface area contributed by atoms with Gasteiger partial charge in [0.05, 0.1) is 12.7 Å². The highest BCUT2D eigenvalue weighted by Gasteiger charge is 2.41. The summed E-state index contributed by atoms with van der Waals surface area (Å²) >= 11 is 0. The number of benzene rings is 3. The molecule has 0 unspecified atom stereocenters. The van der Waals surface area contributed by atoms with E-state index in [0.29, 0.717) is 42.1 Å². The van der Waals surface area contributed by atoms with E-state index in [4.69, 9.17) is 4.74 Å². The lowest BCUT2D eigenvalue weighted by molar-refractivity contribution is -0.136. The molecule has 0 radical (unpaired) electrons. The van der Waals surface area contributed by atoms with Gasteiger partial charge in [0.25, 0.3) is 11.8 Å². The maximum Gasteiger partial charge on any atom is 0.278 e. The van der Waals surface area contributed by atoms with Gasteiger partial charge in [-0.25, -0.2) is 0 Å². The largest absolute Gasteiger partial charge is 0.497 e. The maximum atomic E-state index is 13.6. The summed E-state index contributed by atoms with van der Waals surface area (Å²) in [6.45, 7) is 2.87. The molecule has 1 heterocycles. The van der Waals surface area contributed by atoms with Gasteiger partial charge < -0.3 is 9.64 Å². The molecule has 32 heavy (non-hydrogen) atoms. The van der Waals surface area contributed by atoms with E-state index in [1.165, 1.54) is 4.90 Å². The van der Waals surface area contributed by atoms with Gasteiger partial charge in [-0.2, -0.15) is 0 Å². The lowest BCUT2D eigenvalue weighted by Gasteiger charge is -2.25. The van der Waals surface area contributed by atoms with Gasteiger partial charge in [0.15, 0.2) is 0 Å². The molecule has 1 aliphatic rings.